The highest BCUT2D eigenvalue weighted by Crippen LogP contribution is 2.37. The molecule has 4 nitrogen and oxygen atoms in total. The Morgan fingerprint density at radius 2 is 1.68 bits per heavy atom. The molecule has 0 saturated carbocycles. The van der Waals surface area contributed by atoms with Gasteiger partial charge in [0.15, 0.2) is 11.6 Å². The van der Waals surface area contributed by atoms with Crippen molar-refractivity contribution in [2.45, 2.75) is 10.3 Å². The van der Waals surface area contributed by atoms with Gasteiger partial charge in [-0.2, -0.15) is 0 Å². The summed E-state index contributed by atoms with van der Waals surface area (Å²) in [7, 11) is 0. The van der Waals surface area contributed by atoms with Crippen LogP contribution in [0.4, 0.5) is 0 Å². The summed E-state index contributed by atoms with van der Waals surface area (Å²) in [4.78, 5) is 29.6. The fourth-order valence-electron chi connectivity index (χ4n) is 2.40. The van der Waals surface area contributed by atoms with Crippen molar-refractivity contribution in [3.63, 3.8) is 0 Å². The van der Waals surface area contributed by atoms with E-state index in [-0.39, 0.29) is 18.2 Å². The van der Waals surface area contributed by atoms with Crippen LogP contribution in [0.5, 0.6) is 0 Å². The molecule has 1 aromatic heterocycles. The van der Waals surface area contributed by atoms with Crippen LogP contribution >= 0.6 is 46.4 Å². The molecule has 0 aliphatic heterocycles. The summed E-state index contributed by atoms with van der Waals surface area (Å²) in [6, 6.07) is 13.0. The lowest BCUT2D eigenvalue weighted by atomic mass is 10.1. The third-order valence-electron chi connectivity index (χ3n) is 3.58. The van der Waals surface area contributed by atoms with Gasteiger partial charge in [0.1, 0.15) is 0 Å². The lowest BCUT2D eigenvalue weighted by molar-refractivity contribution is 0.0969. The smallest absolute Gasteiger partial charge is 0.261 e. The zero-order chi connectivity index (χ0) is 18.2. The van der Waals surface area contributed by atoms with Gasteiger partial charge in [0, 0.05) is 10.6 Å². The molecule has 0 amide bonds. The number of carbonyl (C=O) groups is 1. The van der Waals surface area contributed by atoms with Gasteiger partial charge in [-0.3, -0.25) is 14.2 Å². The predicted molar refractivity (Wildman–Crippen MR) is 101 cm³/mol. The van der Waals surface area contributed by atoms with E-state index in [1.54, 1.807) is 48.5 Å². The third-order valence-corrected chi connectivity index (χ3v) is 4.34. The molecule has 0 aliphatic rings. The van der Waals surface area contributed by atoms with Gasteiger partial charge < -0.3 is 0 Å². The average Bonchev–Trinajstić information content (AvgIpc) is 2.57. The summed E-state index contributed by atoms with van der Waals surface area (Å²) in [5.41, 5.74) is 0.331. The molecule has 8 heteroatoms. The van der Waals surface area contributed by atoms with Crippen molar-refractivity contribution in [3.8, 4) is 0 Å². The Kier molecular flexibility index (Phi) is 5.07. The first-order valence-electron chi connectivity index (χ1n) is 7.13. The topological polar surface area (TPSA) is 52.0 Å². The van der Waals surface area contributed by atoms with Gasteiger partial charge in [0.25, 0.3) is 5.56 Å². The number of benzene rings is 2. The second-order valence-corrected chi connectivity index (χ2v) is 7.99. The van der Waals surface area contributed by atoms with E-state index in [4.69, 9.17) is 46.4 Å². The zero-order valence-corrected chi connectivity index (χ0v) is 15.6. The Morgan fingerprint density at radius 3 is 2.32 bits per heavy atom. The SMILES string of the molecule is O=C(Cn1c(C(Cl)(Cl)Cl)nc2ccccc2c1=O)c1ccc(Cl)cc1. The van der Waals surface area contributed by atoms with E-state index < -0.39 is 9.35 Å². The minimum atomic E-state index is -1.95. The summed E-state index contributed by atoms with van der Waals surface area (Å²) >= 11 is 23.7. The van der Waals surface area contributed by atoms with Gasteiger partial charge in [0.05, 0.1) is 17.4 Å². The molecule has 1 heterocycles. The van der Waals surface area contributed by atoms with E-state index in [1.165, 1.54) is 0 Å². The molecule has 0 atom stereocenters. The maximum Gasteiger partial charge on any atom is 0.261 e. The Morgan fingerprint density at radius 1 is 1.04 bits per heavy atom. The van der Waals surface area contributed by atoms with Crippen molar-refractivity contribution in [2.24, 2.45) is 0 Å². The number of para-hydroxylation sites is 1. The maximum absolute atomic E-state index is 12.8. The molecule has 0 N–H and O–H groups in total. The highest BCUT2D eigenvalue weighted by Gasteiger charge is 2.31. The van der Waals surface area contributed by atoms with Crippen molar-refractivity contribution < 1.29 is 4.79 Å². The van der Waals surface area contributed by atoms with Crippen molar-refractivity contribution in [1.29, 1.82) is 0 Å². The molecule has 0 saturated heterocycles. The summed E-state index contributed by atoms with van der Waals surface area (Å²) in [5, 5.41) is 0.840. The molecular weight excluding hydrogens is 406 g/mol. The van der Waals surface area contributed by atoms with Gasteiger partial charge in [-0.1, -0.05) is 58.5 Å². The minimum absolute atomic E-state index is 0.108. The van der Waals surface area contributed by atoms with Gasteiger partial charge in [-0.15, -0.1) is 0 Å². The van der Waals surface area contributed by atoms with E-state index >= 15 is 0 Å². The molecule has 128 valence electrons. The molecule has 2 aromatic carbocycles. The molecule has 0 unspecified atom stereocenters. The number of nitrogens with zero attached hydrogens (tertiary/aromatic N) is 2. The number of hydrogen-bond acceptors (Lipinski definition) is 3. The largest absolute Gasteiger partial charge is 0.292 e. The average molecular weight is 416 g/mol. The van der Waals surface area contributed by atoms with Crippen LogP contribution < -0.4 is 5.56 Å². The first-order valence-corrected chi connectivity index (χ1v) is 8.64. The van der Waals surface area contributed by atoms with Crippen LogP contribution in [-0.2, 0) is 10.3 Å². The molecule has 0 radical (unpaired) electrons. The van der Waals surface area contributed by atoms with E-state index in [0.29, 0.717) is 21.5 Å². The van der Waals surface area contributed by atoms with E-state index in [0.717, 1.165) is 4.57 Å². The summed E-state index contributed by atoms with van der Waals surface area (Å²) in [6.07, 6.45) is 0. The normalized spacial score (nSPS) is 11.7. The maximum atomic E-state index is 12.8. The minimum Gasteiger partial charge on any atom is -0.292 e. The van der Waals surface area contributed by atoms with Crippen LogP contribution in [0.15, 0.2) is 53.3 Å². The van der Waals surface area contributed by atoms with Crippen LogP contribution in [-0.4, -0.2) is 15.3 Å². The summed E-state index contributed by atoms with van der Waals surface area (Å²) in [6.45, 7) is -0.304. The Balaban J connectivity index is 2.13. The molecule has 0 spiro atoms. The number of hydrogen-bond donors (Lipinski definition) is 0. The van der Waals surface area contributed by atoms with Crippen molar-refractivity contribution in [1.82, 2.24) is 9.55 Å². The molecule has 3 aromatic rings. The molecule has 3 rings (SSSR count). The highest BCUT2D eigenvalue weighted by atomic mass is 35.6. The number of aromatic nitrogens is 2. The van der Waals surface area contributed by atoms with Gasteiger partial charge in [0.2, 0.25) is 3.79 Å². The number of fused-ring (bicyclic) bond motifs is 1. The second-order valence-electron chi connectivity index (χ2n) is 5.27. The van der Waals surface area contributed by atoms with E-state index in [9.17, 15) is 9.59 Å². The number of alkyl halides is 3. The fourth-order valence-corrected chi connectivity index (χ4v) is 2.96. The second kappa shape index (κ2) is 6.96. The van der Waals surface area contributed by atoms with Crippen LogP contribution in [0.3, 0.4) is 0 Å². The molecule has 25 heavy (non-hydrogen) atoms. The van der Waals surface area contributed by atoms with Crippen LogP contribution in [0.25, 0.3) is 10.9 Å². The number of halogens is 4. The Hall–Kier alpha value is -1.59. The third kappa shape index (κ3) is 3.82. The van der Waals surface area contributed by atoms with E-state index in [2.05, 4.69) is 4.98 Å². The quantitative estimate of drug-likeness (QED) is 0.457. The Bertz CT molecular complexity index is 1010. The standard InChI is InChI=1S/C17H10Cl4N2O2/c18-11-7-5-10(6-8-11)14(24)9-23-15(25)12-3-1-2-4-13(12)22-16(23)17(19,20)21/h1-8H,9H2. The first-order chi connectivity index (χ1) is 11.8. The molecule has 0 fully saturated rings. The van der Waals surface area contributed by atoms with E-state index in [1.807, 2.05) is 0 Å². The lowest BCUT2D eigenvalue weighted by Crippen LogP contribution is -2.31. The number of Topliss-reactive ketones (excluding diaryl/α,β-unsaturated/α-hetero) is 1. The van der Waals surface area contributed by atoms with Gasteiger partial charge in [-0.25, -0.2) is 4.98 Å². The predicted octanol–water partition coefficient (Wildman–Crippen LogP) is 4.76. The van der Waals surface area contributed by atoms with Crippen LogP contribution in [0.2, 0.25) is 5.02 Å². The van der Waals surface area contributed by atoms with Crippen molar-refractivity contribution in [2.75, 3.05) is 0 Å². The zero-order valence-electron chi connectivity index (χ0n) is 12.5. The Labute approximate surface area is 162 Å². The molecule has 0 bridgehead atoms. The number of rotatable bonds is 3. The highest BCUT2D eigenvalue weighted by molar-refractivity contribution is 6.66. The van der Waals surface area contributed by atoms with Crippen molar-refractivity contribution >= 4 is 63.1 Å². The fraction of sp³-hybridized carbons (Fsp3) is 0.118. The monoisotopic (exact) mass is 414 g/mol. The van der Waals surface area contributed by atoms with Gasteiger partial charge in [-0.05, 0) is 36.4 Å². The van der Waals surface area contributed by atoms with Crippen LogP contribution in [0.1, 0.15) is 16.2 Å². The van der Waals surface area contributed by atoms with Crippen LogP contribution in [0, 0.1) is 0 Å². The summed E-state index contributed by atoms with van der Waals surface area (Å²) < 4.78 is -0.865. The van der Waals surface area contributed by atoms with Gasteiger partial charge >= 0.3 is 0 Å². The number of carbonyl (C=O) groups excluding carboxylic acids is 1. The summed E-state index contributed by atoms with van der Waals surface area (Å²) in [5.74, 6) is -0.435. The van der Waals surface area contributed by atoms with Crippen molar-refractivity contribution in [3.05, 3.63) is 75.3 Å². The molecule has 0 aliphatic carbocycles. The first kappa shape index (κ1) is 18.2. The molecular formula is C17H10Cl4N2O2. The number of ketones is 1. The lowest BCUT2D eigenvalue weighted by Gasteiger charge is -2.18.